The van der Waals surface area contributed by atoms with Gasteiger partial charge in [-0.1, -0.05) is 13.3 Å². The van der Waals surface area contributed by atoms with Crippen molar-refractivity contribution in [3.05, 3.63) is 29.7 Å². The van der Waals surface area contributed by atoms with Crippen molar-refractivity contribution in [2.45, 2.75) is 26.2 Å². The molecular weight excluding hydrogens is 164 g/mol. The fourth-order valence-electron chi connectivity index (χ4n) is 1.18. The summed E-state index contributed by atoms with van der Waals surface area (Å²) >= 11 is 0. The molecule has 0 saturated carbocycles. The Labute approximate surface area is 78.9 Å². The van der Waals surface area contributed by atoms with Gasteiger partial charge in [-0.25, -0.2) is 0 Å². The fourth-order valence-corrected chi connectivity index (χ4v) is 1.18. The number of hydrogen-bond donors (Lipinski definition) is 1. The summed E-state index contributed by atoms with van der Waals surface area (Å²) in [5.41, 5.74) is 1.04. The van der Waals surface area contributed by atoms with E-state index in [0.29, 0.717) is 0 Å². The molecule has 1 rings (SSSR count). The average molecular weight is 180 g/mol. The summed E-state index contributed by atoms with van der Waals surface area (Å²) in [5.74, 6) is 0.820. The fraction of sp³-hybridized carbons (Fsp3) is 0.455. The van der Waals surface area contributed by atoms with Gasteiger partial charge in [-0.05, 0) is 36.6 Å². The van der Waals surface area contributed by atoms with Crippen molar-refractivity contribution in [3.63, 3.8) is 0 Å². The van der Waals surface area contributed by atoms with Gasteiger partial charge in [0, 0.05) is 0 Å². The minimum absolute atomic E-state index is 0.126. The Hall–Kier alpha value is -1.02. The van der Waals surface area contributed by atoms with E-state index in [1.54, 1.807) is 6.26 Å². The van der Waals surface area contributed by atoms with Crippen molar-refractivity contribution >= 4 is 6.08 Å². The highest BCUT2D eigenvalue weighted by atomic mass is 16.3. The van der Waals surface area contributed by atoms with Crippen LogP contribution in [0.5, 0.6) is 0 Å². The van der Waals surface area contributed by atoms with Gasteiger partial charge in [-0.2, -0.15) is 0 Å². The molecular formula is C11H16O2. The normalized spacial score (nSPS) is 12.0. The van der Waals surface area contributed by atoms with E-state index in [0.717, 1.165) is 30.6 Å². The quantitative estimate of drug-likeness (QED) is 0.755. The molecule has 0 bridgehead atoms. The van der Waals surface area contributed by atoms with Crippen molar-refractivity contribution in [1.82, 2.24) is 0 Å². The van der Waals surface area contributed by atoms with E-state index in [1.165, 1.54) is 0 Å². The molecule has 0 spiro atoms. The molecule has 0 aliphatic heterocycles. The van der Waals surface area contributed by atoms with E-state index < -0.39 is 0 Å². The van der Waals surface area contributed by atoms with Crippen LogP contribution >= 0.6 is 0 Å². The third-order valence-corrected chi connectivity index (χ3v) is 1.94. The molecule has 0 fully saturated rings. The number of unbranched alkanes of at least 4 members (excludes halogenated alkanes) is 1. The van der Waals surface area contributed by atoms with Gasteiger partial charge in [0.2, 0.25) is 0 Å². The standard InChI is InChI=1S/C11H16O2/c1-2-3-5-10(9-12)8-11-6-4-7-13-11/h4,6-8,12H,2-3,5,9H2,1H3/b10-8-. The number of rotatable bonds is 5. The summed E-state index contributed by atoms with van der Waals surface area (Å²) in [5, 5.41) is 9.04. The summed E-state index contributed by atoms with van der Waals surface area (Å²) in [4.78, 5) is 0. The molecule has 1 N–H and O–H groups in total. The molecule has 0 aromatic carbocycles. The maximum Gasteiger partial charge on any atom is 0.126 e. The Kier molecular flexibility index (Phi) is 4.33. The van der Waals surface area contributed by atoms with Crippen LogP contribution in [0, 0.1) is 0 Å². The third kappa shape index (κ3) is 3.47. The average Bonchev–Trinajstić information content (AvgIpc) is 2.64. The molecule has 0 aliphatic carbocycles. The second-order valence-electron chi connectivity index (χ2n) is 3.08. The van der Waals surface area contributed by atoms with E-state index in [2.05, 4.69) is 6.92 Å². The molecule has 0 amide bonds. The largest absolute Gasteiger partial charge is 0.465 e. The van der Waals surface area contributed by atoms with Gasteiger partial charge in [0.1, 0.15) is 5.76 Å². The van der Waals surface area contributed by atoms with Crippen LogP contribution in [0.3, 0.4) is 0 Å². The smallest absolute Gasteiger partial charge is 0.126 e. The predicted molar refractivity (Wildman–Crippen MR) is 53.3 cm³/mol. The van der Waals surface area contributed by atoms with Crippen molar-refractivity contribution in [3.8, 4) is 0 Å². The van der Waals surface area contributed by atoms with E-state index in [9.17, 15) is 0 Å². The summed E-state index contributed by atoms with van der Waals surface area (Å²) in [6.45, 7) is 2.27. The van der Waals surface area contributed by atoms with Gasteiger partial charge in [0.05, 0.1) is 12.9 Å². The van der Waals surface area contributed by atoms with Gasteiger partial charge in [0.15, 0.2) is 0 Å². The van der Waals surface area contributed by atoms with Gasteiger partial charge in [0.25, 0.3) is 0 Å². The van der Waals surface area contributed by atoms with E-state index in [4.69, 9.17) is 9.52 Å². The topological polar surface area (TPSA) is 33.4 Å². The van der Waals surface area contributed by atoms with E-state index in [1.807, 2.05) is 18.2 Å². The Morgan fingerprint density at radius 1 is 1.62 bits per heavy atom. The van der Waals surface area contributed by atoms with Crippen molar-refractivity contribution < 1.29 is 9.52 Å². The van der Waals surface area contributed by atoms with E-state index in [-0.39, 0.29) is 6.61 Å². The predicted octanol–water partition coefficient (Wildman–Crippen LogP) is 2.85. The Balaban J connectivity index is 2.55. The lowest BCUT2D eigenvalue weighted by Crippen LogP contribution is -1.89. The van der Waals surface area contributed by atoms with Gasteiger partial charge in [-0.15, -0.1) is 0 Å². The van der Waals surface area contributed by atoms with Crippen LogP contribution in [0.15, 0.2) is 28.4 Å². The van der Waals surface area contributed by atoms with Crippen LogP contribution < -0.4 is 0 Å². The van der Waals surface area contributed by atoms with Crippen molar-refractivity contribution in [2.24, 2.45) is 0 Å². The van der Waals surface area contributed by atoms with Crippen LogP contribution in [-0.4, -0.2) is 11.7 Å². The molecule has 2 heteroatoms. The van der Waals surface area contributed by atoms with Crippen LogP contribution in [-0.2, 0) is 0 Å². The molecule has 0 radical (unpaired) electrons. The maximum atomic E-state index is 9.04. The lowest BCUT2D eigenvalue weighted by atomic mass is 10.1. The zero-order valence-corrected chi connectivity index (χ0v) is 7.99. The monoisotopic (exact) mass is 180 g/mol. The second kappa shape index (κ2) is 5.60. The third-order valence-electron chi connectivity index (χ3n) is 1.94. The molecule has 0 atom stereocenters. The zero-order valence-electron chi connectivity index (χ0n) is 7.99. The molecule has 0 unspecified atom stereocenters. The SMILES string of the molecule is CCCC/C(=C/c1ccco1)CO. The lowest BCUT2D eigenvalue weighted by molar-refractivity contribution is 0.326. The van der Waals surface area contributed by atoms with Gasteiger partial charge < -0.3 is 9.52 Å². The first-order chi connectivity index (χ1) is 6.36. The lowest BCUT2D eigenvalue weighted by Gasteiger charge is -2.00. The first-order valence-corrected chi connectivity index (χ1v) is 4.70. The molecule has 1 aromatic heterocycles. The summed E-state index contributed by atoms with van der Waals surface area (Å²) in [6, 6.07) is 3.74. The Bertz CT molecular complexity index is 247. The molecule has 2 nitrogen and oxygen atoms in total. The first-order valence-electron chi connectivity index (χ1n) is 4.70. The van der Waals surface area contributed by atoms with Crippen molar-refractivity contribution in [1.29, 1.82) is 0 Å². The zero-order chi connectivity index (χ0) is 9.52. The minimum Gasteiger partial charge on any atom is -0.465 e. The van der Waals surface area contributed by atoms with Gasteiger partial charge in [-0.3, -0.25) is 0 Å². The van der Waals surface area contributed by atoms with Crippen LogP contribution in [0.25, 0.3) is 6.08 Å². The Morgan fingerprint density at radius 3 is 3.00 bits per heavy atom. The van der Waals surface area contributed by atoms with Crippen LogP contribution in [0.1, 0.15) is 31.9 Å². The van der Waals surface area contributed by atoms with Crippen molar-refractivity contribution in [2.75, 3.05) is 6.61 Å². The maximum absolute atomic E-state index is 9.04. The minimum atomic E-state index is 0.126. The molecule has 1 heterocycles. The van der Waals surface area contributed by atoms with Crippen LogP contribution in [0.4, 0.5) is 0 Å². The summed E-state index contributed by atoms with van der Waals surface area (Å²) in [7, 11) is 0. The number of aliphatic hydroxyl groups is 1. The summed E-state index contributed by atoms with van der Waals surface area (Å²) in [6.07, 6.45) is 6.77. The molecule has 13 heavy (non-hydrogen) atoms. The summed E-state index contributed by atoms with van der Waals surface area (Å²) < 4.78 is 5.16. The highest BCUT2D eigenvalue weighted by Gasteiger charge is 1.97. The number of furan rings is 1. The van der Waals surface area contributed by atoms with E-state index >= 15 is 0 Å². The van der Waals surface area contributed by atoms with Crippen LogP contribution in [0.2, 0.25) is 0 Å². The highest BCUT2D eigenvalue weighted by molar-refractivity contribution is 5.47. The highest BCUT2D eigenvalue weighted by Crippen LogP contribution is 2.12. The molecule has 72 valence electrons. The first kappa shape index (κ1) is 10.1. The second-order valence-corrected chi connectivity index (χ2v) is 3.08. The molecule has 0 aliphatic rings. The van der Waals surface area contributed by atoms with Gasteiger partial charge >= 0.3 is 0 Å². The molecule has 1 aromatic rings. The molecule has 0 saturated heterocycles. The Morgan fingerprint density at radius 2 is 2.46 bits per heavy atom. The number of aliphatic hydroxyl groups excluding tert-OH is 1. The number of hydrogen-bond acceptors (Lipinski definition) is 2.